The first kappa shape index (κ1) is 12.7. The van der Waals surface area contributed by atoms with Crippen LogP contribution in [0.2, 0.25) is 0 Å². The number of hydrogen-bond acceptors (Lipinski definition) is 5. The van der Waals surface area contributed by atoms with Crippen molar-refractivity contribution < 1.29 is 4.52 Å². The molecular weight excluding hydrogens is 228 g/mol. The van der Waals surface area contributed by atoms with E-state index in [1.807, 2.05) is 25.2 Å². The lowest BCUT2D eigenvalue weighted by atomic mass is 10.1. The van der Waals surface area contributed by atoms with Crippen LogP contribution in [-0.2, 0) is 6.42 Å². The molecule has 5 heteroatoms. The summed E-state index contributed by atoms with van der Waals surface area (Å²) in [5, 5.41) is 7.21. The third-order valence-corrected chi connectivity index (χ3v) is 2.83. The van der Waals surface area contributed by atoms with Gasteiger partial charge in [-0.15, -0.1) is 0 Å². The van der Waals surface area contributed by atoms with Gasteiger partial charge in [0, 0.05) is 18.7 Å². The molecule has 0 saturated carbocycles. The van der Waals surface area contributed by atoms with E-state index >= 15 is 0 Å². The molecule has 96 valence electrons. The van der Waals surface area contributed by atoms with E-state index in [0.29, 0.717) is 17.8 Å². The lowest BCUT2D eigenvalue weighted by Gasteiger charge is -2.11. The minimum absolute atomic E-state index is 0.382. The van der Waals surface area contributed by atoms with E-state index in [1.54, 1.807) is 6.20 Å². The van der Waals surface area contributed by atoms with Crippen molar-refractivity contribution in [2.24, 2.45) is 0 Å². The summed E-state index contributed by atoms with van der Waals surface area (Å²) >= 11 is 0. The third kappa shape index (κ3) is 3.13. The summed E-state index contributed by atoms with van der Waals surface area (Å²) < 4.78 is 5.26. The van der Waals surface area contributed by atoms with Gasteiger partial charge in [-0.3, -0.25) is 4.98 Å². The Morgan fingerprint density at radius 3 is 2.94 bits per heavy atom. The molecule has 0 aromatic carbocycles. The van der Waals surface area contributed by atoms with Crippen molar-refractivity contribution in [2.75, 3.05) is 7.05 Å². The SMILES string of the molecule is CCCC(Cc1nc(-c2ccccn2)no1)NC. The van der Waals surface area contributed by atoms with Gasteiger partial charge in [0.1, 0.15) is 5.69 Å². The van der Waals surface area contributed by atoms with Crippen LogP contribution in [0.15, 0.2) is 28.9 Å². The first-order valence-electron chi connectivity index (χ1n) is 6.24. The van der Waals surface area contributed by atoms with Gasteiger partial charge in [-0.1, -0.05) is 24.6 Å². The predicted octanol–water partition coefficient (Wildman–Crippen LogP) is 2.06. The molecule has 0 amide bonds. The number of nitrogens with zero attached hydrogens (tertiary/aromatic N) is 3. The van der Waals surface area contributed by atoms with Gasteiger partial charge in [-0.2, -0.15) is 4.98 Å². The van der Waals surface area contributed by atoms with Gasteiger partial charge < -0.3 is 9.84 Å². The molecule has 18 heavy (non-hydrogen) atoms. The Kier molecular flexibility index (Phi) is 4.41. The molecule has 0 aliphatic heterocycles. The van der Waals surface area contributed by atoms with Gasteiger partial charge in [-0.25, -0.2) is 0 Å². The molecular formula is C13H18N4O. The number of hydrogen-bond donors (Lipinski definition) is 1. The third-order valence-electron chi connectivity index (χ3n) is 2.83. The van der Waals surface area contributed by atoms with Crippen molar-refractivity contribution in [3.8, 4) is 11.5 Å². The minimum atomic E-state index is 0.382. The van der Waals surface area contributed by atoms with Crippen molar-refractivity contribution in [2.45, 2.75) is 32.2 Å². The van der Waals surface area contributed by atoms with Crippen LogP contribution in [-0.4, -0.2) is 28.2 Å². The van der Waals surface area contributed by atoms with E-state index in [9.17, 15) is 0 Å². The molecule has 2 aromatic rings. The van der Waals surface area contributed by atoms with Crippen LogP contribution in [0, 0.1) is 0 Å². The minimum Gasteiger partial charge on any atom is -0.339 e. The maximum atomic E-state index is 5.26. The smallest absolute Gasteiger partial charge is 0.228 e. The lowest BCUT2D eigenvalue weighted by molar-refractivity contribution is 0.356. The number of nitrogens with one attached hydrogen (secondary N) is 1. The highest BCUT2D eigenvalue weighted by Gasteiger charge is 2.13. The molecule has 0 bridgehead atoms. The van der Waals surface area contributed by atoms with Gasteiger partial charge in [0.05, 0.1) is 0 Å². The quantitative estimate of drug-likeness (QED) is 0.845. The zero-order valence-electron chi connectivity index (χ0n) is 10.8. The Morgan fingerprint density at radius 2 is 2.28 bits per heavy atom. The molecule has 0 spiro atoms. The summed E-state index contributed by atoms with van der Waals surface area (Å²) in [6, 6.07) is 6.03. The van der Waals surface area contributed by atoms with Crippen LogP contribution in [0.3, 0.4) is 0 Å². The fourth-order valence-corrected chi connectivity index (χ4v) is 1.84. The van der Waals surface area contributed by atoms with E-state index in [0.717, 1.165) is 25.0 Å². The average molecular weight is 246 g/mol. The van der Waals surface area contributed by atoms with Crippen LogP contribution in [0.1, 0.15) is 25.7 Å². The fourth-order valence-electron chi connectivity index (χ4n) is 1.84. The molecule has 0 saturated heterocycles. The number of likely N-dealkylation sites (N-methyl/N-ethyl adjacent to an activating group) is 1. The Bertz CT molecular complexity index is 469. The highest BCUT2D eigenvalue weighted by atomic mass is 16.5. The van der Waals surface area contributed by atoms with Crippen molar-refractivity contribution in [3.63, 3.8) is 0 Å². The normalized spacial score (nSPS) is 12.6. The summed E-state index contributed by atoms with van der Waals surface area (Å²) in [4.78, 5) is 8.57. The van der Waals surface area contributed by atoms with Gasteiger partial charge in [0.15, 0.2) is 0 Å². The van der Waals surface area contributed by atoms with Crippen molar-refractivity contribution in [1.29, 1.82) is 0 Å². The Hall–Kier alpha value is -1.75. The van der Waals surface area contributed by atoms with E-state index < -0.39 is 0 Å². The zero-order chi connectivity index (χ0) is 12.8. The lowest BCUT2D eigenvalue weighted by Crippen LogP contribution is -2.27. The molecule has 1 atom stereocenters. The Morgan fingerprint density at radius 1 is 1.39 bits per heavy atom. The molecule has 2 heterocycles. The van der Waals surface area contributed by atoms with Gasteiger partial charge in [0.25, 0.3) is 0 Å². The maximum Gasteiger partial charge on any atom is 0.228 e. The Balaban J connectivity index is 2.06. The summed E-state index contributed by atoms with van der Waals surface area (Å²) in [6.07, 6.45) is 4.70. The number of rotatable bonds is 6. The van der Waals surface area contributed by atoms with Crippen LogP contribution in [0.4, 0.5) is 0 Å². The summed E-state index contributed by atoms with van der Waals surface area (Å²) in [6.45, 7) is 2.16. The largest absolute Gasteiger partial charge is 0.339 e. The monoisotopic (exact) mass is 246 g/mol. The van der Waals surface area contributed by atoms with Gasteiger partial charge in [0.2, 0.25) is 11.7 Å². The highest BCUT2D eigenvalue weighted by Crippen LogP contribution is 2.13. The molecule has 0 radical (unpaired) electrons. The van der Waals surface area contributed by atoms with Gasteiger partial charge in [-0.05, 0) is 25.6 Å². The van der Waals surface area contributed by atoms with E-state index in [-0.39, 0.29) is 0 Å². The molecule has 0 aliphatic rings. The average Bonchev–Trinajstić information content (AvgIpc) is 2.88. The van der Waals surface area contributed by atoms with Crippen LogP contribution >= 0.6 is 0 Å². The molecule has 1 N–H and O–H groups in total. The summed E-state index contributed by atoms with van der Waals surface area (Å²) in [7, 11) is 1.95. The topological polar surface area (TPSA) is 63.8 Å². The molecule has 0 aliphatic carbocycles. The van der Waals surface area contributed by atoms with Crippen molar-refractivity contribution in [1.82, 2.24) is 20.4 Å². The standard InChI is InChI=1S/C13H18N4O/c1-3-6-10(14-2)9-12-16-13(17-18-12)11-7-4-5-8-15-11/h4-5,7-8,10,14H,3,6,9H2,1-2H3. The van der Waals surface area contributed by atoms with Gasteiger partial charge >= 0.3 is 0 Å². The first-order valence-corrected chi connectivity index (χ1v) is 6.24. The first-order chi connectivity index (χ1) is 8.83. The second kappa shape index (κ2) is 6.26. The van der Waals surface area contributed by atoms with Crippen LogP contribution in [0.5, 0.6) is 0 Å². The molecule has 2 rings (SSSR count). The highest BCUT2D eigenvalue weighted by molar-refractivity contribution is 5.46. The molecule has 0 fully saturated rings. The van der Waals surface area contributed by atoms with E-state index in [1.165, 1.54) is 0 Å². The van der Waals surface area contributed by atoms with E-state index in [4.69, 9.17) is 4.52 Å². The molecule has 5 nitrogen and oxygen atoms in total. The Labute approximate surface area is 107 Å². The zero-order valence-corrected chi connectivity index (χ0v) is 10.8. The molecule has 2 aromatic heterocycles. The second-order valence-electron chi connectivity index (χ2n) is 4.21. The molecule has 1 unspecified atom stereocenters. The maximum absolute atomic E-state index is 5.26. The fraction of sp³-hybridized carbons (Fsp3) is 0.462. The van der Waals surface area contributed by atoms with Crippen molar-refractivity contribution in [3.05, 3.63) is 30.3 Å². The second-order valence-corrected chi connectivity index (χ2v) is 4.21. The van der Waals surface area contributed by atoms with Crippen LogP contribution in [0.25, 0.3) is 11.5 Å². The number of pyridine rings is 1. The summed E-state index contributed by atoms with van der Waals surface area (Å²) in [5.41, 5.74) is 0.740. The van der Waals surface area contributed by atoms with Crippen LogP contribution < -0.4 is 5.32 Å². The van der Waals surface area contributed by atoms with E-state index in [2.05, 4.69) is 27.4 Å². The number of aromatic nitrogens is 3. The van der Waals surface area contributed by atoms with Crippen molar-refractivity contribution >= 4 is 0 Å². The summed E-state index contributed by atoms with van der Waals surface area (Å²) in [5.74, 6) is 1.21. The predicted molar refractivity (Wildman–Crippen MR) is 69.0 cm³/mol.